The average Bonchev–Trinajstić information content (AvgIpc) is 3.43. The van der Waals surface area contributed by atoms with Gasteiger partial charge in [0.2, 0.25) is 0 Å². The number of benzene rings is 1. The molecule has 7 nitrogen and oxygen atoms in total. The molecule has 0 unspecified atom stereocenters. The van der Waals surface area contributed by atoms with Crippen LogP contribution in [0.25, 0.3) is 20.5 Å². The summed E-state index contributed by atoms with van der Waals surface area (Å²) in [5.41, 5.74) is 0.896. The zero-order valence-corrected chi connectivity index (χ0v) is 18.1. The number of nitro benzene ring substituents is 1. The van der Waals surface area contributed by atoms with Crippen LogP contribution in [0.3, 0.4) is 0 Å². The van der Waals surface area contributed by atoms with Crippen LogP contribution in [0.15, 0.2) is 35.8 Å². The smallest absolute Gasteiger partial charge is 0.270 e. The van der Waals surface area contributed by atoms with Gasteiger partial charge in [0.1, 0.15) is 11.5 Å². The van der Waals surface area contributed by atoms with Crippen LogP contribution in [-0.4, -0.2) is 26.5 Å². The van der Waals surface area contributed by atoms with E-state index in [0.717, 1.165) is 12.8 Å². The lowest BCUT2D eigenvalue weighted by Gasteiger charge is -2.03. The van der Waals surface area contributed by atoms with Gasteiger partial charge in [-0.3, -0.25) is 19.7 Å². The van der Waals surface area contributed by atoms with Crippen LogP contribution < -0.4 is 0 Å². The third-order valence-corrected chi connectivity index (χ3v) is 6.60. The summed E-state index contributed by atoms with van der Waals surface area (Å²) in [6.07, 6.45) is 5.34. The van der Waals surface area contributed by atoms with E-state index in [1.54, 1.807) is 18.3 Å². The second-order valence-electron chi connectivity index (χ2n) is 6.72. The third kappa shape index (κ3) is 5.43. The summed E-state index contributed by atoms with van der Waals surface area (Å²) in [5.74, 6) is 0.138. The maximum absolute atomic E-state index is 12.9. The molecule has 0 fully saturated rings. The fourth-order valence-electron chi connectivity index (χ4n) is 2.97. The van der Waals surface area contributed by atoms with Gasteiger partial charge in [0.15, 0.2) is 15.8 Å². The molecular formula is C21H21N3O4S2. The molecule has 3 aromatic rings. The highest BCUT2D eigenvalue weighted by Crippen LogP contribution is 2.38. The Kier molecular flexibility index (Phi) is 7.53. The maximum atomic E-state index is 12.9. The van der Waals surface area contributed by atoms with Crippen LogP contribution in [-0.2, 0) is 4.79 Å². The minimum Gasteiger partial charge on any atom is -0.300 e. The monoisotopic (exact) mass is 443 g/mol. The fourth-order valence-corrected chi connectivity index (χ4v) is 4.73. The molecule has 9 heteroatoms. The Labute approximate surface area is 182 Å². The Morgan fingerprint density at radius 1 is 1.13 bits per heavy atom. The number of Topliss-reactive ketones (excluding diaryl/α,β-unsaturated/α-hetero) is 2. The second-order valence-corrected chi connectivity index (χ2v) is 8.61. The highest BCUT2D eigenvalue weighted by molar-refractivity contribution is 7.22. The molecule has 0 radical (unpaired) electrons. The van der Waals surface area contributed by atoms with E-state index in [4.69, 9.17) is 0 Å². The zero-order chi connectivity index (χ0) is 21.5. The summed E-state index contributed by atoms with van der Waals surface area (Å²) in [6.45, 7) is 1.85. The van der Waals surface area contributed by atoms with Crippen molar-refractivity contribution in [1.82, 2.24) is 9.97 Å². The molecule has 0 aliphatic rings. The van der Waals surface area contributed by atoms with E-state index in [-0.39, 0.29) is 17.3 Å². The first-order chi connectivity index (χ1) is 14.5. The van der Waals surface area contributed by atoms with Gasteiger partial charge < -0.3 is 0 Å². The van der Waals surface area contributed by atoms with Crippen molar-refractivity contribution in [1.29, 1.82) is 0 Å². The number of unbranched alkanes of at least 4 members (excludes halogenated alkanes) is 2. The number of aromatic nitrogens is 2. The number of nitrogens with zero attached hydrogens (tertiary/aromatic N) is 3. The van der Waals surface area contributed by atoms with Gasteiger partial charge in [-0.1, -0.05) is 25.5 Å². The first-order valence-electron chi connectivity index (χ1n) is 9.70. The van der Waals surface area contributed by atoms with E-state index in [9.17, 15) is 19.7 Å². The lowest BCUT2D eigenvalue weighted by Crippen LogP contribution is -2.02. The summed E-state index contributed by atoms with van der Waals surface area (Å²) in [7, 11) is 0. The predicted molar refractivity (Wildman–Crippen MR) is 118 cm³/mol. The second kappa shape index (κ2) is 10.3. The summed E-state index contributed by atoms with van der Waals surface area (Å²) in [6, 6.07) is 6.24. The molecule has 0 amide bonds. The number of rotatable bonds is 11. The molecule has 2 aromatic heterocycles. The zero-order valence-electron chi connectivity index (χ0n) is 16.5. The van der Waals surface area contributed by atoms with Gasteiger partial charge in [0.25, 0.3) is 5.69 Å². The van der Waals surface area contributed by atoms with Crippen LogP contribution >= 0.6 is 22.7 Å². The summed E-state index contributed by atoms with van der Waals surface area (Å²) < 4.78 is 0. The van der Waals surface area contributed by atoms with E-state index >= 15 is 0 Å². The van der Waals surface area contributed by atoms with Gasteiger partial charge in [0, 0.05) is 48.5 Å². The summed E-state index contributed by atoms with van der Waals surface area (Å²) in [4.78, 5) is 44.4. The Balaban J connectivity index is 1.82. The molecule has 2 heterocycles. The van der Waals surface area contributed by atoms with Crippen molar-refractivity contribution in [2.24, 2.45) is 0 Å². The molecule has 0 saturated heterocycles. The predicted octanol–water partition coefficient (Wildman–Crippen LogP) is 5.95. The topological polar surface area (TPSA) is 103 Å². The van der Waals surface area contributed by atoms with Crippen molar-refractivity contribution in [3.05, 3.63) is 51.7 Å². The van der Waals surface area contributed by atoms with Crippen molar-refractivity contribution >= 4 is 39.9 Å². The largest absolute Gasteiger partial charge is 0.300 e. The normalized spacial score (nSPS) is 10.8. The van der Waals surface area contributed by atoms with Crippen molar-refractivity contribution in [3.63, 3.8) is 0 Å². The van der Waals surface area contributed by atoms with E-state index in [1.165, 1.54) is 34.8 Å². The SMILES string of the molecule is CCC(=O)CCCCCC(=O)c1nc(-c2nccs2)sc1-c1cccc([N+](=O)[O-])c1. The van der Waals surface area contributed by atoms with Crippen molar-refractivity contribution in [3.8, 4) is 20.5 Å². The Morgan fingerprint density at radius 3 is 2.63 bits per heavy atom. The number of carbonyl (C=O) groups is 2. The van der Waals surface area contributed by atoms with Crippen LogP contribution in [0.2, 0.25) is 0 Å². The van der Waals surface area contributed by atoms with E-state index < -0.39 is 4.92 Å². The van der Waals surface area contributed by atoms with Crippen LogP contribution in [0, 0.1) is 10.1 Å². The number of carbonyl (C=O) groups excluding carboxylic acids is 2. The van der Waals surface area contributed by atoms with Crippen molar-refractivity contribution in [2.45, 2.75) is 45.4 Å². The number of thiazole rings is 2. The molecular weight excluding hydrogens is 422 g/mol. The van der Waals surface area contributed by atoms with Crippen molar-refractivity contribution < 1.29 is 14.5 Å². The van der Waals surface area contributed by atoms with Crippen molar-refractivity contribution in [2.75, 3.05) is 0 Å². The number of nitro groups is 1. The number of hydrogen-bond donors (Lipinski definition) is 0. The lowest BCUT2D eigenvalue weighted by molar-refractivity contribution is -0.384. The molecule has 156 valence electrons. The number of ketones is 2. The van der Waals surface area contributed by atoms with E-state index in [1.807, 2.05) is 12.3 Å². The molecule has 3 rings (SSSR count). The molecule has 0 aliphatic carbocycles. The standard InChI is InChI=1S/C21H21N3O4S2/c1-2-16(25)9-4-3-5-10-17(26)18-19(14-7-6-8-15(13-14)24(27)28)30-21(23-18)20-22-11-12-29-20/h6-8,11-13H,2-5,9-10H2,1H3. The maximum Gasteiger partial charge on any atom is 0.270 e. The molecule has 0 saturated carbocycles. The van der Waals surface area contributed by atoms with E-state index in [2.05, 4.69) is 9.97 Å². The highest BCUT2D eigenvalue weighted by atomic mass is 32.1. The van der Waals surface area contributed by atoms with Crippen LogP contribution in [0.1, 0.15) is 55.9 Å². The van der Waals surface area contributed by atoms with Crippen LogP contribution in [0.5, 0.6) is 0 Å². The molecule has 0 bridgehead atoms. The Bertz CT molecular complexity index is 1040. The van der Waals surface area contributed by atoms with Gasteiger partial charge >= 0.3 is 0 Å². The summed E-state index contributed by atoms with van der Waals surface area (Å²) >= 11 is 2.75. The Morgan fingerprint density at radius 2 is 1.93 bits per heavy atom. The van der Waals surface area contributed by atoms with Gasteiger partial charge in [-0.2, -0.15) is 0 Å². The first-order valence-corrected chi connectivity index (χ1v) is 11.4. The van der Waals surface area contributed by atoms with Gasteiger partial charge in [0.05, 0.1) is 9.80 Å². The summed E-state index contributed by atoms with van der Waals surface area (Å²) in [5, 5.41) is 14.3. The molecule has 30 heavy (non-hydrogen) atoms. The quantitative estimate of drug-likeness (QED) is 0.157. The Hall–Kier alpha value is -2.78. The van der Waals surface area contributed by atoms with E-state index in [0.29, 0.717) is 51.8 Å². The molecule has 0 spiro atoms. The first kappa shape index (κ1) is 21.9. The fraction of sp³-hybridized carbons (Fsp3) is 0.333. The van der Waals surface area contributed by atoms with Gasteiger partial charge in [-0.25, -0.2) is 9.97 Å². The molecule has 1 aromatic carbocycles. The number of hydrogen-bond acceptors (Lipinski definition) is 8. The number of non-ortho nitro benzene ring substituents is 1. The third-order valence-electron chi connectivity index (χ3n) is 4.58. The van der Waals surface area contributed by atoms with Gasteiger partial charge in [-0.15, -0.1) is 22.7 Å². The minimum atomic E-state index is -0.453. The minimum absolute atomic E-state index is 0.0318. The highest BCUT2D eigenvalue weighted by Gasteiger charge is 2.22. The molecule has 0 aliphatic heterocycles. The van der Waals surface area contributed by atoms with Gasteiger partial charge in [-0.05, 0) is 12.8 Å². The molecule has 0 N–H and O–H groups in total. The van der Waals surface area contributed by atoms with Crippen LogP contribution in [0.4, 0.5) is 5.69 Å². The average molecular weight is 444 g/mol. The lowest BCUT2D eigenvalue weighted by atomic mass is 10.0. The molecule has 0 atom stereocenters.